The summed E-state index contributed by atoms with van der Waals surface area (Å²) >= 11 is 1.30. The highest BCUT2D eigenvalue weighted by molar-refractivity contribution is 8.00. The second-order valence-corrected chi connectivity index (χ2v) is 5.70. The third-order valence-electron chi connectivity index (χ3n) is 3.17. The van der Waals surface area contributed by atoms with E-state index in [0.29, 0.717) is 12.2 Å². The minimum absolute atomic E-state index is 0.0159. The predicted octanol–water partition coefficient (Wildman–Crippen LogP) is 3.88. The first-order valence-corrected chi connectivity index (χ1v) is 7.93. The Labute approximate surface area is 137 Å². The zero-order chi connectivity index (χ0) is 16.8. The number of hydrogen-bond donors (Lipinski definition) is 0. The Bertz CT molecular complexity index is 689. The number of nitrogens with zero attached hydrogens (tertiary/aromatic N) is 2. The number of nitro groups is 1. The van der Waals surface area contributed by atoms with E-state index in [0.717, 1.165) is 4.90 Å². The maximum Gasteiger partial charge on any atom is 0.269 e. The molecule has 2 rings (SSSR count). The molecule has 2 aromatic rings. The molecule has 5 nitrogen and oxygen atoms in total. The second-order valence-electron chi connectivity index (χ2n) is 4.65. The van der Waals surface area contributed by atoms with Crippen LogP contribution in [0.15, 0.2) is 53.4 Å². The molecule has 0 saturated heterocycles. The van der Waals surface area contributed by atoms with Crippen molar-refractivity contribution in [1.29, 1.82) is 0 Å². The third kappa shape index (κ3) is 4.53. The molecular weight excluding hydrogens is 319 g/mol. The number of nitro benzene ring substituents is 1. The predicted molar refractivity (Wildman–Crippen MR) is 88.2 cm³/mol. The fourth-order valence-electron chi connectivity index (χ4n) is 2.01. The Kier molecular flexibility index (Phi) is 5.70. The zero-order valence-corrected chi connectivity index (χ0v) is 13.3. The highest BCUT2D eigenvalue weighted by atomic mass is 32.2. The quantitative estimate of drug-likeness (QED) is 0.457. The maximum atomic E-state index is 13.0. The average molecular weight is 334 g/mol. The van der Waals surface area contributed by atoms with Gasteiger partial charge in [-0.2, -0.15) is 0 Å². The molecule has 0 radical (unpaired) electrons. The smallest absolute Gasteiger partial charge is 0.269 e. The normalized spacial score (nSPS) is 10.3. The van der Waals surface area contributed by atoms with Crippen LogP contribution in [0.5, 0.6) is 0 Å². The first-order valence-electron chi connectivity index (χ1n) is 6.94. The Hall–Kier alpha value is -2.41. The van der Waals surface area contributed by atoms with Gasteiger partial charge in [0.15, 0.2) is 0 Å². The van der Waals surface area contributed by atoms with Crippen LogP contribution < -0.4 is 4.90 Å². The number of amides is 1. The van der Waals surface area contributed by atoms with Crippen LogP contribution in [0.1, 0.15) is 6.92 Å². The van der Waals surface area contributed by atoms with Crippen LogP contribution >= 0.6 is 11.8 Å². The summed E-state index contributed by atoms with van der Waals surface area (Å²) in [6, 6.07) is 11.8. The van der Waals surface area contributed by atoms with E-state index >= 15 is 0 Å². The van der Waals surface area contributed by atoms with Gasteiger partial charge in [-0.05, 0) is 43.3 Å². The van der Waals surface area contributed by atoms with Crippen molar-refractivity contribution in [2.45, 2.75) is 11.8 Å². The van der Waals surface area contributed by atoms with Crippen molar-refractivity contribution in [3.63, 3.8) is 0 Å². The van der Waals surface area contributed by atoms with E-state index in [2.05, 4.69) is 0 Å². The average Bonchev–Trinajstić information content (AvgIpc) is 2.55. The molecule has 0 aliphatic heterocycles. The van der Waals surface area contributed by atoms with Crippen molar-refractivity contribution in [2.24, 2.45) is 0 Å². The van der Waals surface area contributed by atoms with Gasteiger partial charge in [-0.1, -0.05) is 0 Å². The molecule has 0 aliphatic rings. The van der Waals surface area contributed by atoms with Crippen LogP contribution in [0, 0.1) is 15.9 Å². The molecule has 0 unspecified atom stereocenters. The highest BCUT2D eigenvalue weighted by Gasteiger charge is 2.14. The van der Waals surface area contributed by atoms with Crippen LogP contribution in [-0.4, -0.2) is 23.1 Å². The maximum absolute atomic E-state index is 13.0. The van der Waals surface area contributed by atoms with Crippen LogP contribution in [-0.2, 0) is 4.79 Å². The van der Waals surface area contributed by atoms with Crippen molar-refractivity contribution in [1.82, 2.24) is 0 Å². The van der Waals surface area contributed by atoms with E-state index in [9.17, 15) is 19.3 Å². The lowest BCUT2D eigenvalue weighted by Gasteiger charge is -2.20. The number of anilines is 1. The lowest BCUT2D eigenvalue weighted by Crippen LogP contribution is -2.32. The minimum atomic E-state index is -0.465. The fraction of sp³-hybridized carbons (Fsp3) is 0.188. The number of thioether (sulfide) groups is 1. The summed E-state index contributed by atoms with van der Waals surface area (Å²) in [5.41, 5.74) is 0.658. The van der Waals surface area contributed by atoms with E-state index < -0.39 is 4.92 Å². The summed E-state index contributed by atoms with van der Waals surface area (Å²) in [7, 11) is 0. The Morgan fingerprint density at radius 1 is 1.17 bits per heavy atom. The highest BCUT2D eigenvalue weighted by Crippen LogP contribution is 2.23. The molecule has 2 aromatic carbocycles. The third-order valence-corrected chi connectivity index (χ3v) is 4.16. The number of carbonyl (C=O) groups is 1. The molecule has 0 atom stereocenters. The molecule has 0 heterocycles. The monoisotopic (exact) mass is 334 g/mol. The van der Waals surface area contributed by atoms with Crippen LogP contribution in [0.4, 0.5) is 15.8 Å². The van der Waals surface area contributed by atoms with E-state index in [4.69, 9.17) is 0 Å². The number of hydrogen-bond acceptors (Lipinski definition) is 4. The summed E-state index contributed by atoms with van der Waals surface area (Å²) in [6.07, 6.45) is 0. The SMILES string of the molecule is CCN(C(=O)CSc1ccc([N+](=O)[O-])cc1)c1ccc(F)cc1. The van der Waals surface area contributed by atoms with Crippen molar-refractivity contribution in [3.8, 4) is 0 Å². The number of non-ortho nitro benzene ring substituents is 1. The summed E-state index contributed by atoms with van der Waals surface area (Å²) in [4.78, 5) is 24.8. The number of benzene rings is 2. The van der Waals surface area contributed by atoms with Gasteiger partial charge in [0.2, 0.25) is 5.91 Å². The molecule has 0 aliphatic carbocycles. The molecule has 0 aromatic heterocycles. The molecule has 7 heteroatoms. The van der Waals surface area contributed by atoms with E-state index in [1.807, 2.05) is 6.92 Å². The summed E-state index contributed by atoms with van der Waals surface area (Å²) in [5, 5.41) is 10.6. The second kappa shape index (κ2) is 7.73. The number of halogens is 1. The van der Waals surface area contributed by atoms with Crippen molar-refractivity contribution in [3.05, 3.63) is 64.5 Å². The molecule has 23 heavy (non-hydrogen) atoms. The van der Waals surface area contributed by atoms with Gasteiger partial charge in [0.1, 0.15) is 5.82 Å². The molecule has 0 N–H and O–H groups in total. The molecule has 0 fully saturated rings. The zero-order valence-electron chi connectivity index (χ0n) is 12.4. The lowest BCUT2D eigenvalue weighted by atomic mass is 10.3. The van der Waals surface area contributed by atoms with Gasteiger partial charge in [-0.15, -0.1) is 11.8 Å². The van der Waals surface area contributed by atoms with Gasteiger partial charge in [-0.25, -0.2) is 4.39 Å². The number of rotatable bonds is 6. The molecule has 0 spiro atoms. The van der Waals surface area contributed by atoms with Crippen LogP contribution in [0.3, 0.4) is 0 Å². The standard InChI is InChI=1S/C16H15FN2O3S/c1-2-18(13-5-3-12(17)4-6-13)16(20)11-23-15-9-7-14(8-10-15)19(21)22/h3-10H,2,11H2,1H3. The Morgan fingerprint density at radius 3 is 2.30 bits per heavy atom. The largest absolute Gasteiger partial charge is 0.312 e. The first-order chi connectivity index (χ1) is 11.0. The first kappa shape index (κ1) is 17.0. The van der Waals surface area contributed by atoms with Crippen LogP contribution in [0.25, 0.3) is 0 Å². The summed E-state index contributed by atoms with van der Waals surface area (Å²) < 4.78 is 13.0. The fourth-order valence-corrected chi connectivity index (χ4v) is 2.79. The van der Waals surface area contributed by atoms with Gasteiger partial charge in [-0.3, -0.25) is 14.9 Å². The van der Waals surface area contributed by atoms with Gasteiger partial charge >= 0.3 is 0 Å². The minimum Gasteiger partial charge on any atom is -0.312 e. The lowest BCUT2D eigenvalue weighted by molar-refractivity contribution is -0.384. The van der Waals surface area contributed by atoms with Crippen molar-refractivity contribution < 1.29 is 14.1 Å². The molecule has 0 bridgehead atoms. The summed E-state index contributed by atoms with van der Waals surface area (Å²) in [6.45, 7) is 2.32. The van der Waals surface area contributed by atoms with Gasteiger partial charge in [0.25, 0.3) is 5.69 Å². The van der Waals surface area contributed by atoms with E-state index in [1.165, 1.54) is 36.0 Å². The molecule has 0 saturated carbocycles. The van der Waals surface area contributed by atoms with Crippen molar-refractivity contribution in [2.75, 3.05) is 17.2 Å². The van der Waals surface area contributed by atoms with E-state index in [-0.39, 0.29) is 23.2 Å². The Morgan fingerprint density at radius 2 is 1.78 bits per heavy atom. The molecule has 1 amide bonds. The number of carbonyl (C=O) groups excluding carboxylic acids is 1. The van der Waals surface area contributed by atoms with Gasteiger partial charge in [0, 0.05) is 29.3 Å². The van der Waals surface area contributed by atoms with E-state index in [1.54, 1.807) is 29.2 Å². The molecule has 120 valence electrons. The van der Waals surface area contributed by atoms with Crippen LogP contribution in [0.2, 0.25) is 0 Å². The summed E-state index contributed by atoms with van der Waals surface area (Å²) in [5.74, 6) is -0.261. The van der Waals surface area contributed by atoms with Crippen molar-refractivity contribution >= 4 is 29.0 Å². The van der Waals surface area contributed by atoms with Gasteiger partial charge in [0.05, 0.1) is 10.7 Å². The van der Waals surface area contributed by atoms with Gasteiger partial charge < -0.3 is 4.90 Å². The Balaban J connectivity index is 1.99. The molecular formula is C16H15FN2O3S. The topological polar surface area (TPSA) is 63.5 Å².